The molecular formula is C12H23NO3. The number of rotatable bonds is 3. The first-order chi connectivity index (χ1) is 7.44. The number of hydrogen-bond acceptors (Lipinski definition) is 4. The van der Waals surface area contributed by atoms with Crippen molar-refractivity contribution in [1.29, 1.82) is 0 Å². The summed E-state index contributed by atoms with van der Waals surface area (Å²) < 4.78 is 11.7. The Morgan fingerprint density at radius 3 is 2.75 bits per heavy atom. The quantitative estimate of drug-likeness (QED) is 0.783. The third kappa shape index (κ3) is 2.12. The van der Waals surface area contributed by atoms with Gasteiger partial charge in [-0.15, -0.1) is 0 Å². The molecule has 4 nitrogen and oxygen atoms in total. The molecule has 0 aliphatic carbocycles. The standard InChI is InChI=1S/C12H23NO3/c1-5-6-8(14)10-11-9(7-13(10)4)15-12(2,3)16-11/h8-11,14H,5-7H2,1-4H3. The number of likely N-dealkylation sites (N-methyl/N-ethyl adjacent to an activating group) is 1. The molecule has 2 heterocycles. The van der Waals surface area contributed by atoms with Crippen molar-refractivity contribution in [1.82, 2.24) is 4.90 Å². The van der Waals surface area contributed by atoms with Gasteiger partial charge in [0.1, 0.15) is 12.2 Å². The fourth-order valence-electron chi connectivity index (χ4n) is 2.93. The van der Waals surface area contributed by atoms with Crippen LogP contribution in [0.4, 0.5) is 0 Å². The summed E-state index contributed by atoms with van der Waals surface area (Å²) in [5.41, 5.74) is 0. The summed E-state index contributed by atoms with van der Waals surface area (Å²) in [6, 6.07) is 0.0757. The highest BCUT2D eigenvalue weighted by Gasteiger charge is 2.53. The summed E-state index contributed by atoms with van der Waals surface area (Å²) in [6.45, 7) is 6.81. The lowest BCUT2D eigenvalue weighted by Crippen LogP contribution is -2.44. The molecule has 0 aromatic carbocycles. The minimum atomic E-state index is -0.499. The van der Waals surface area contributed by atoms with E-state index in [2.05, 4.69) is 11.8 Å². The Morgan fingerprint density at radius 2 is 2.12 bits per heavy atom. The second kappa shape index (κ2) is 4.26. The van der Waals surface area contributed by atoms with Crippen LogP contribution in [0.3, 0.4) is 0 Å². The largest absolute Gasteiger partial charge is 0.391 e. The van der Waals surface area contributed by atoms with Gasteiger partial charge in [-0.3, -0.25) is 4.90 Å². The smallest absolute Gasteiger partial charge is 0.163 e. The molecule has 16 heavy (non-hydrogen) atoms. The highest BCUT2D eigenvalue weighted by atomic mass is 16.8. The molecule has 0 aromatic heterocycles. The number of nitrogens with zero attached hydrogens (tertiary/aromatic N) is 1. The van der Waals surface area contributed by atoms with E-state index >= 15 is 0 Å². The molecule has 2 rings (SSSR count). The van der Waals surface area contributed by atoms with Crippen LogP contribution in [-0.4, -0.2) is 53.7 Å². The van der Waals surface area contributed by atoms with E-state index in [-0.39, 0.29) is 24.4 Å². The van der Waals surface area contributed by atoms with E-state index in [9.17, 15) is 5.11 Å². The maximum Gasteiger partial charge on any atom is 0.163 e. The Labute approximate surface area is 97.5 Å². The van der Waals surface area contributed by atoms with Crippen LogP contribution in [-0.2, 0) is 9.47 Å². The van der Waals surface area contributed by atoms with Crippen molar-refractivity contribution in [3.63, 3.8) is 0 Å². The molecular weight excluding hydrogens is 206 g/mol. The van der Waals surface area contributed by atoms with Gasteiger partial charge in [-0.25, -0.2) is 0 Å². The molecule has 0 aromatic rings. The molecule has 2 aliphatic heterocycles. The molecule has 2 aliphatic rings. The fourth-order valence-corrected chi connectivity index (χ4v) is 2.93. The molecule has 0 bridgehead atoms. The van der Waals surface area contributed by atoms with Crippen molar-refractivity contribution in [2.24, 2.45) is 0 Å². The van der Waals surface area contributed by atoms with Gasteiger partial charge in [0.15, 0.2) is 5.79 Å². The fraction of sp³-hybridized carbons (Fsp3) is 1.00. The predicted molar refractivity (Wildman–Crippen MR) is 61.2 cm³/mol. The summed E-state index contributed by atoms with van der Waals surface area (Å²) in [5.74, 6) is -0.499. The summed E-state index contributed by atoms with van der Waals surface area (Å²) in [4.78, 5) is 2.16. The molecule has 2 saturated heterocycles. The molecule has 94 valence electrons. The lowest BCUT2D eigenvalue weighted by Gasteiger charge is -2.30. The van der Waals surface area contributed by atoms with E-state index in [1.165, 1.54) is 0 Å². The van der Waals surface area contributed by atoms with Crippen molar-refractivity contribution >= 4 is 0 Å². The summed E-state index contributed by atoms with van der Waals surface area (Å²) >= 11 is 0. The van der Waals surface area contributed by atoms with Gasteiger partial charge >= 0.3 is 0 Å². The van der Waals surface area contributed by atoms with Crippen LogP contribution in [0.25, 0.3) is 0 Å². The van der Waals surface area contributed by atoms with Crippen LogP contribution in [0.1, 0.15) is 33.6 Å². The number of ether oxygens (including phenoxy) is 2. The summed E-state index contributed by atoms with van der Waals surface area (Å²) in [7, 11) is 2.03. The van der Waals surface area contributed by atoms with E-state index in [0.717, 1.165) is 19.4 Å². The number of likely N-dealkylation sites (tertiary alicyclic amines) is 1. The number of aliphatic hydroxyl groups is 1. The van der Waals surface area contributed by atoms with E-state index in [4.69, 9.17) is 9.47 Å². The third-order valence-corrected chi connectivity index (χ3v) is 3.51. The summed E-state index contributed by atoms with van der Waals surface area (Å²) in [6.07, 6.45) is 1.62. The Balaban J connectivity index is 2.07. The van der Waals surface area contributed by atoms with Crippen LogP contribution in [0.15, 0.2) is 0 Å². The minimum Gasteiger partial charge on any atom is -0.391 e. The first-order valence-electron chi connectivity index (χ1n) is 6.18. The molecule has 4 heteroatoms. The molecule has 0 spiro atoms. The van der Waals surface area contributed by atoms with Gasteiger partial charge in [0, 0.05) is 6.54 Å². The zero-order chi connectivity index (χ0) is 11.9. The Morgan fingerprint density at radius 1 is 1.44 bits per heavy atom. The van der Waals surface area contributed by atoms with Crippen LogP contribution >= 0.6 is 0 Å². The van der Waals surface area contributed by atoms with Crippen molar-refractivity contribution in [3.8, 4) is 0 Å². The minimum absolute atomic E-state index is 0.0153. The Kier molecular flexibility index (Phi) is 3.27. The number of hydrogen-bond donors (Lipinski definition) is 1. The lowest BCUT2D eigenvalue weighted by molar-refractivity contribution is -0.165. The van der Waals surface area contributed by atoms with Crippen LogP contribution in [0.2, 0.25) is 0 Å². The molecule has 2 fully saturated rings. The number of fused-ring (bicyclic) bond motifs is 1. The molecule has 0 saturated carbocycles. The first-order valence-corrected chi connectivity index (χ1v) is 6.18. The molecule has 1 N–H and O–H groups in total. The zero-order valence-electron chi connectivity index (χ0n) is 10.6. The molecule has 4 unspecified atom stereocenters. The van der Waals surface area contributed by atoms with E-state index < -0.39 is 5.79 Å². The van der Waals surface area contributed by atoms with E-state index in [0.29, 0.717) is 0 Å². The normalized spacial score (nSPS) is 39.9. The molecule has 0 radical (unpaired) electrons. The average Bonchev–Trinajstić information content (AvgIpc) is 2.55. The molecule has 4 atom stereocenters. The maximum absolute atomic E-state index is 10.2. The van der Waals surface area contributed by atoms with Crippen LogP contribution < -0.4 is 0 Å². The predicted octanol–water partition coefficient (Wildman–Crippen LogP) is 0.981. The van der Waals surface area contributed by atoms with Crippen molar-refractivity contribution < 1.29 is 14.6 Å². The average molecular weight is 229 g/mol. The molecule has 0 amide bonds. The van der Waals surface area contributed by atoms with Gasteiger partial charge in [0.25, 0.3) is 0 Å². The number of aliphatic hydroxyl groups excluding tert-OH is 1. The van der Waals surface area contributed by atoms with Gasteiger partial charge < -0.3 is 14.6 Å². The third-order valence-electron chi connectivity index (χ3n) is 3.51. The highest BCUT2D eigenvalue weighted by molar-refractivity contribution is 5.01. The van der Waals surface area contributed by atoms with E-state index in [1.54, 1.807) is 0 Å². The zero-order valence-corrected chi connectivity index (χ0v) is 10.6. The first kappa shape index (κ1) is 12.3. The van der Waals surface area contributed by atoms with Crippen LogP contribution in [0, 0.1) is 0 Å². The SMILES string of the molecule is CCCC(O)C1C2OC(C)(C)OC2CN1C. The second-order valence-electron chi connectivity index (χ2n) is 5.42. The van der Waals surface area contributed by atoms with Crippen molar-refractivity contribution in [2.75, 3.05) is 13.6 Å². The highest BCUT2D eigenvalue weighted by Crippen LogP contribution is 2.37. The Bertz CT molecular complexity index is 257. The topological polar surface area (TPSA) is 41.9 Å². The monoisotopic (exact) mass is 229 g/mol. The second-order valence-corrected chi connectivity index (χ2v) is 5.42. The van der Waals surface area contributed by atoms with Gasteiger partial charge in [0.05, 0.1) is 12.1 Å². The summed E-state index contributed by atoms with van der Waals surface area (Å²) in [5, 5.41) is 10.2. The Hall–Kier alpha value is -0.160. The van der Waals surface area contributed by atoms with Gasteiger partial charge in [0.2, 0.25) is 0 Å². The van der Waals surface area contributed by atoms with Gasteiger partial charge in [-0.2, -0.15) is 0 Å². The van der Waals surface area contributed by atoms with Crippen molar-refractivity contribution in [3.05, 3.63) is 0 Å². The lowest BCUT2D eigenvalue weighted by atomic mass is 10.0. The maximum atomic E-state index is 10.2. The van der Waals surface area contributed by atoms with Gasteiger partial charge in [-0.1, -0.05) is 13.3 Å². The van der Waals surface area contributed by atoms with Crippen molar-refractivity contribution in [2.45, 2.75) is 63.8 Å². The van der Waals surface area contributed by atoms with E-state index in [1.807, 2.05) is 20.9 Å². The van der Waals surface area contributed by atoms with Crippen LogP contribution in [0.5, 0.6) is 0 Å². The van der Waals surface area contributed by atoms with Gasteiger partial charge in [-0.05, 0) is 27.3 Å².